The van der Waals surface area contributed by atoms with E-state index in [-0.39, 0.29) is 18.1 Å². The molecule has 204 valence electrons. The van der Waals surface area contributed by atoms with Gasteiger partial charge in [0.2, 0.25) is 5.95 Å². The van der Waals surface area contributed by atoms with Crippen molar-refractivity contribution < 1.29 is 9.53 Å². The Morgan fingerprint density at radius 2 is 1.92 bits per heavy atom. The average Bonchev–Trinajstić information content (AvgIpc) is 3.59. The highest BCUT2D eigenvalue weighted by Crippen LogP contribution is 2.28. The molecule has 5 rings (SSSR count). The highest BCUT2D eigenvalue weighted by atomic mass is 16.5. The monoisotopic (exact) mass is 522 g/mol. The molecule has 1 atom stereocenters. The summed E-state index contributed by atoms with van der Waals surface area (Å²) in [4.78, 5) is 33.4. The maximum Gasteiger partial charge on any atom is 0.317 e. The van der Waals surface area contributed by atoms with Gasteiger partial charge >= 0.3 is 6.03 Å². The molecule has 0 bridgehead atoms. The fourth-order valence-corrected chi connectivity index (χ4v) is 5.08. The zero-order chi connectivity index (χ0) is 26.6. The van der Waals surface area contributed by atoms with E-state index < -0.39 is 0 Å². The second-order valence-corrected chi connectivity index (χ2v) is 10.3. The molecular weight excluding hydrogens is 484 g/mol. The number of carbonyl (C=O) groups is 1. The number of nitrogens with one attached hydrogen (secondary N) is 2. The number of urea groups is 1. The predicted octanol–water partition coefficient (Wildman–Crippen LogP) is 3.01. The Balaban J connectivity index is 1.38. The van der Waals surface area contributed by atoms with Crippen molar-refractivity contribution in [3.63, 3.8) is 0 Å². The summed E-state index contributed by atoms with van der Waals surface area (Å²) in [6, 6.07) is 4.27. The van der Waals surface area contributed by atoms with Gasteiger partial charge in [-0.2, -0.15) is 15.1 Å². The summed E-state index contributed by atoms with van der Waals surface area (Å²) in [5, 5.41) is 11.8. The lowest BCUT2D eigenvalue weighted by Gasteiger charge is -2.40. The van der Waals surface area contributed by atoms with E-state index in [9.17, 15) is 4.79 Å². The number of ether oxygens (including phenoxy) is 1. The number of rotatable bonds is 8. The first-order valence-electron chi connectivity index (χ1n) is 13.5. The normalized spacial score (nSPS) is 18.0. The third-order valence-electron chi connectivity index (χ3n) is 7.11. The summed E-state index contributed by atoms with van der Waals surface area (Å²) < 4.78 is 7.04. The van der Waals surface area contributed by atoms with Gasteiger partial charge in [-0.3, -0.25) is 4.68 Å². The molecule has 2 aliphatic heterocycles. The molecule has 12 heteroatoms. The zero-order valence-corrected chi connectivity index (χ0v) is 22.7. The van der Waals surface area contributed by atoms with Gasteiger partial charge in [0, 0.05) is 82.2 Å². The van der Waals surface area contributed by atoms with Crippen LogP contribution >= 0.6 is 0 Å². The fourth-order valence-electron chi connectivity index (χ4n) is 5.08. The fraction of sp³-hybridized carbons (Fsp3) is 0.577. The van der Waals surface area contributed by atoms with E-state index in [2.05, 4.69) is 51.3 Å². The molecule has 3 aromatic rings. The van der Waals surface area contributed by atoms with Crippen molar-refractivity contribution in [1.29, 1.82) is 0 Å². The number of aromatic nitrogens is 5. The summed E-state index contributed by atoms with van der Waals surface area (Å²) in [6.07, 6.45) is 6.00. The number of carbonyl (C=O) groups excluding carboxylic acids is 1. The zero-order valence-electron chi connectivity index (χ0n) is 22.7. The van der Waals surface area contributed by atoms with E-state index in [1.807, 2.05) is 34.1 Å². The number of anilines is 4. The van der Waals surface area contributed by atoms with Gasteiger partial charge in [-0.1, -0.05) is 0 Å². The Bertz CT molecular complexity index is 1260. The van der Waals surface area contributed by atoms with E-state index in [0.717, 1.165) is 42.7 Å². The lowest BCUT2D eigenvalue weighted by atomic mass is 10.2. The van der Waals surface area contributed by atoms with Crippen LogP contribution in [0.5, 0.6) is 0 Å². The van der Waals surface area contributed by atoms with Crippen LogP contribution in [0.1, 0.15) is 39.7 Å². The van der Waals surface area contributed by atoms with Crippen LogP contribution in [0.25, 0.3) is 10.9 Å². The topological polar surface area (TPSA) is 117 Å². The van der Waals surface area contributed by atoms with E-state index in [1.54, 1.807) is 7.11 Å². The Morgan fingerprint density at radius 3 is 2.66 bits per heavy atom. The Labute approximate surface area is 223 Å². The van der Waals surface area contributed by atoms with Gasteiger partial charge in [-0.15, -0.1) is 0 Å². The summed E-state index contributed by atoms with van der Waals surface area (Å²) >= 11 is 0. The number of hydrogen-bond donors (Lipinski definition) is 2. The molecule has 2 amide bonds. The van der Waals surface area contributed by atoms with Crippen molar-refractivity contribution in [3.8, 4) is 0 Å². The molecule has 2 N–H and O–H groups in total. The lowest BCUT2D eigenvalue weighted by molar-refractivity contribution is 0.172. The van der Waals surface area contributed by atoms with Crippen LogP contribution in [0.2, 0.25) is 0 Å². The van der Waals surface area contributed by atoms with Crippen molar-refractivity contribution in [1.82, 2.24) is 34.9 Å². The summed E-state index contributed by atoms with van der Waals surface area (Å²) in [7, 11) is 1.63. The van der Waals surface area contributed by atoms with Gasteiger partial charge < -0.3 is 30.1 Å². The summed E-state index contributed by atoms with van der Waals surface area (Å²) in [6.45, 7) is 11.1. The van der Waals surface area contributed by atoms with Crippen molar-refractivity contribution in [2.45, 2.75) is 45.7 Å². The smallest absolute Gasteiger partial charge is 0.317 e. The van der Waals surface area contributed by atoms with E-state index in [1.165, 1.54) is 0 Å². The van der Waals surface area contributed by atoms with Crippen molar-refractivity contribution >= 4 is 40.3 Å². The number of fused-ring (bicyclic) bond motifs is 1. The van der Waals surface area contributed by atoms with Crippen LogP contribution in [0.4, 0.5) is 28.2 Å². The minimum Gasteiger partial charge on any atom is -0.383 e. The van der Waals surface area contributed by atoms with Gasteiger partial charge in [0.25, 0.3) is 0 Å². The molecule has 3 aromatic heterocycles. The van der Waals surface area contributed by atoms with Crippen LogP contribution in [-0.4, -0.2) is 94.7 Å². The first kappa shape index (κ1) is 26.0. The highest BCUT2D eigenvalue weighted by molar-refractivity contribution is 5.81. The number of hydrogen-bond acceptors (Lipinski definition) is 9. The van der Waals surface area contributed by atoms with Crippen LogP contribution < -0.4 is 20.4 Å². The van der Waals surface area contributed by atoms with Crippen LogP contribution in [-0.2, 0) is 4.74 Å². The summed E-state index contributed by atoms with van der Waals surface area (Å²) in [5.74, 6) is 2.99. The maximum absolute atomic E-state index is 12.6. The van der Waals surface area contributed by atoms with E-state index >= 15 is 0 Å². The van der Waals surface area contributed by atoms with Gasteiger partial charge in [0.1, 0.15) is 17.5 Å². The highest BCUT2D eigenvalue weighted by Gasteiger charge is 2.29. The Kier molecular flexibility index (Phi) is 7.77. The average molecular weight is 523 g/mol. The van der Waals surface area contributed by atoms with Crippen LogP contribution in [0.15, 0.2) is 24.5 Å². The Hall–Kier alpha value is -3.67. The minimum absolute atomic E-state index is 0.0634. The molecule has 12 nitrogen and oxygen atoms in total. The molecule has 0 saturated carbocycles. The van der Waals surface area contributed by atoms with Gasteiger partial charge in [-0.05, 0) is 33.6 Å². The van der Waals surface area contributed by atoms with Crippen molar-refractivity contribution in [2.75, 3.05) is 68.1 Å². The standard InChI is InChI=1S/C26H38N10O2/c1-18(2)36-21-13-22(28-15-20(21)16-29-36)30-23-14-24(33-8-5-6-9-33)32-25(31-23)35-11-10-34(17-19(35)3)26(37)27-7-12-38-4/h13-16,18-19H,5-12,17H2,1-4H3,(H,27,37)(H,28,30,31,32)/t19-/m0/s1. The van der Waals surface area contributed by atoms with Gasteiger partial charge in [0.05, 0.1) is 18.3 Å². The molecule has 0 radical (unpaired) electrons. The minimum atomic E-state index is -0.0650. The molecular formula is C26H38N10O2. The molecule has 2 aliphatic rings. The number of nitrogens with zero attached hydrogens (tertiary/aromatic N) is 8. The molecule has 0 unspecified atom stereocenters. The largest absolute Gasteiger partial charge is 0.383 e. The van der Waals surface area contributed by atoms with Crippen molar-refractivity contribution in [3.05, 3.63) is 24.5 Å². The molecule has 2 fully saturated rings. The maximum atomic E-state index is 12.6. The number of pyridine rings is 1. The molecule has 2 saturated heterocycles. The molecule has 0 aromatic carbocycles. The van der Waals surface area contributed by atoms with Crippen molar-refractivity contribution in [2.24, 2.45) is 0 Å². The summed E-state index contributed by atoms with van der Waals surface area (Å²) in [5.41, 5.74) is 1.03. The number of amides is 2. The SMILES string of the molecule is COCCNC(=O)N1CCN(c2nc(Nc3cc4c(cn3)cnn4C(C)C)cc(N3CCCC3)n2)[C@@H](C)C1. The van der Waals surface area contributed by atoms with Gasteiger partial charge in [0.15, 0.2) is 0 Å². The molecule has 38 heavy (non-hydrogen) atoms. The first-order chi connectivity index (χ1) is 18.4. The van der Waals surface area contributed by atoms with Crippen LogP contribution in [0.3, 0.4) is 0 Å². The van der Waals surface area contributed by atoms with E-state index in [4.69, 9.17) is 14.7 Å². The second-order valence-electron chi connectivity index (χ2n) is 10.3. The Morgan fingerprint density at radius 1 is 1.11 bits per heavy atom. The lowest BCUT2D eigenvalue weighted by Crippen LogP contribution is -2.56. The number of methoxy groups -OCH3 is 1. The predicted molar refractivity (Wildman–Crippen MR) is 148 cm³/mol. The quantitative estimate of drug-likeness (QED) is 0.431. The number of piperazine rings is 1. The third kappa shape index (κ3) is 5.59. The van der Waals surface area contributed by atoms with Crippen LogP contribution in [0, 0.1) is 0 Å². The molecule has 0 spiro atoms. The first-order valence-corrected chi connectivity index (χ1v) is 13.5. The van der Waals surface area contributed by atoms with E-state index in [0.29, 0.717) is 50.4 Å². The third-order valence-corrected chi connectivity index (χ3v) is 7.11. The molecule has 0 aliphatic carbocycles. The molecule has 5 heterocycles. The van der Waals surface area contributed by atoms with Gasteiger partial charge in [-0.25, -0.2) is 9.78 Å². The second kappa shape index (κ2) is 11.4.